The van der Waals surface area contributed by atoms with E-state index in [1.165, 1.54) is 25.1 Å². The molecule has 108 valence electrons. The number of carbonyl (C=O) groups excluding carboxylic acids is 2. The molecule has 1 heterocycles. The normalized spacial score (nSPS) is 19.4. The Hall–Kier alpha value is -1.95. The van der Waals surface area contributed by atoms with E-state index < -0.39 is 29.9 Å². The highest BCUT2D eigenvalue weighted by atomic mass is 19.1. The zero-order valence-corrected chi connectivity index (χ0v) is 11.1. The average Bonchev–Trinajstić information content (AvgIpc) is 2.92. The van der Waals surface area contributed by atoms with Crippen molar-refractivity contribution >= 4 is 17.6 Å². The highest BCUT2D eigenvalue weighted by Gasteiger charge is 2.28. The SMILES string of the molecule is C[C@@H](OC(=O)[C@H]1CCCO1)C(=O)Nc1cccc(F)c1. The van der Waals surface area contributed by atoms with Gasteiger partial charge in [-0.25, -0.2) is 9.18 Å². The Balaban J connectivity index is 1.86. The Morgan fingerprint density at radius 3 is 2.95 bits per heavy atom. The second-order valence-corrected chi connectivity index (χ2v) is 4.58. The molecule has 0 saturated carbocycles. The van der Waals surface area contributed by atoms with Crippen LogP contribution in [0, 0.1) is 5.82 Å². The summed E-state index contributed by atoms with van der Waals surface area (Å²) in [6.07, 6.45) is -0.129. The molecule has 1 N–H and O–H groups in total. The Morgan fingerprint density at radius 2 is 2.30 bits per heavy atom. The van der Waals surface area contributed by atoms with Gasteiger partial charge in [0.25, 0.3) is 5.91 Å². The van der Waals surface area contributed by atoms with E-state index in [2.05, 4.69) is 5.32 Å². The van der Waals surface area contributed by atoms with Crippen LogP contribution in [0.2, 0.25) is 0 Å². The highest BCUT2D eigenvalue weighted by molar-refractivity contribution is 5.95. The molecular weight excluding hydrogens is 265 g/mol. The van der Waals surface area contributed by atoms with Crippen LogP contribution < -0.4 is 5.32 Å². The van der Waals surface area contributed by atoms with Crippen LogP contribution in [0.3, 0.4) is 0 Å². The summed E-state index contributed by atoms with van der Waals surface area (Å²) in [5.41, 5.74) is 0.315. The van der Waals surface area contributed by atoms with Crippen LogP contribution in [0.25, 0.3) is 0 Å². The number of halogens is 1. The molecule has 0 spiro atoms. The van der Waals surface area contributed by atoms with Gasteiger partial charge in [-0.1, -0.05) is 6.07 Å². The lowest BCUT2D eigenvalue weighted by molar-refractivity contribution is -0.162. The first-order valence-corrected chi connectivity index (χ1v) is 6.45. The van der Waals surface area contributed by atoms with Crippen LogP contribution in [0.1, 0.15) is 19.8 Å². The third kappa shape index (κ3) is 3.77. The molecule has 2 atom stereocenters. The first-order chi connectivity index (χ1) is 9.56. The molecule has 2 rings (SSSR count). The fourth-order valence-electron chi connectivity index (χ4n) is 1.88. The molecule has 0 aliphatic carbocycles. The van der Waals surface area contributed by atoms with Gasteiger partial charge < -0.3 is 14.8 Å². The van der Waals surface area contributed by atoms with Crippen molar-refractivity contribution in [2.45, 2.75) is 32.0 Å². The number of ether oxygens (including phenoxy) is 2. The van der Waals surface area contributed by atoms with Gasteiger partial charge in [-0.15, -0.1) is 0 Å². The minimum atomic E-state index is -0.963. The first kappa shape index (κ1) is 14.5. The summed E-state index contributed by atoms with van der Waals surface area (Å²) in [5, 5.41) is 2.48. The quantitative estimate of drug-likeness (QED) is 0.856. The molecule has 0 radical (unpaired) electrons. The lowest BCUT2D eigenvalue weighted by atomic mass is 10.2. The molecule has 1 aromatic rings. The summed E-state index contributed by atoms with van der Waals surface area (Å²) in [7, 11) is 0. The monoisotopic (exact) mass is 281 g/mol. The van der Waals surface area contributed by atoms with Gasteiger partial charge in [0.15, 0.2) is 12.2 Å². The van der Waals surface area contributed by atoms with Crippen molar-refractivity contribution in [3.63, 3.8) is 0 Å². The lowest BCUT2D eigenvalue weighted by Crippen LogP contribution is -2.34. The van der Waals surface area contributed by atoms with Gasteiger partial charge in [0.05, 0.1) is 0 Å². The molecule has 20 heavy (non-hydrogen) atoms. The third-order valence-corrected chi connectivity index (χ3v) is 2.95. The number of amides is 1. The van der Waals surface area contributed by atoms with Crippen LogP contribution in [0.4, 0.5) is 10.1 Å². The summed E-state index contributed by atoms with van der Waals surface area (Å²) < 4.78 is 23.2. The van der Waals surface area contributed by atoms with E-state index >= 15 is 0 Å². The number of benzene rings is 1. The summed E-state index contributed by atoms with van der Waals surface area (Å²) in [6.45, 7) is 1.99. The second-order valence-electron chi connectivity index (χ2n) is 4.58. The molecule has 1 fully saturated rings. The summed E-state index contributed by atoms with van der Waals surface area (Å²) in [5.74, 6) is -1.50. The molecule has 1 aromatic carbocycles. The van der Waals surface area contributed by atoms with E-state index in [0.717, 1.165) is 6.42 Å². The summed E-state index contributed by atoms with van der Waals surface area (Å²) >= 11 is 0. The van der Waals surface area contributed by atoms with Crippen molar-refractivity contribution in [1.29, 1.82) is 0 Å². The van der Waals surface area contributed by atoms with Gasteiger partial charge in [-0.05, 0) is 38.0 Å². The van der Waals surface area contributed by atoms with Crippen LogP contribution in [0.15, 0.2) is 24.3 Å². The maximum Gasteiger partial charge on any atom is 0.336 e. The van der Waals surface area contributed by atoms with Crippen molar-refractivity contribution in [3.8, 4) is 0 Å². The number of rotatable bonds is 4. The zero-order valence-electron chi connectivity index (χ0n) is 11.1. The molecule has 5 nitrogen and oxygen atoms in total. The largest absolute Gasteiger partial charge is 0.451 e. The Labute approximate surface area is 116 Å². The van der Waals surface area contributed by atoms with Crippen LogP contribution >= 0.6 is 0 Å². The molecule has 0 unspecified atom stereocenters. The molecule has 0 aromatic heterocycles. The molecule has 1 saturated heterocycles. The predicted molar refractivity (Wildman–Crippen MR) is 69.6 cm³/mol. The highest BCUT2D eigenvalue weighted by Crippen LogP contribution is 2.15. The van der Waals surface area contributed by atoms with E-state index in [1.54, 1.807) is 6.07 Å². The van der Waals surface area contributed by atoms with Gasteiger partial charge in [-0.3, -0.25) is 4.79 Å². The van der Waals surface area contributed by atoms with Crippen molar-refractivity contribution in [2.75, 3.05) is 11.9 Å². The fraction of sp³-hybridized carbons (Fsp3) is 0.429. The Kier molecular flexibility index (Phi) is 4.68. The number of nitrogens with one attached hydrogen (secondary N) is 1. The summed E-state index contributed by atoms with van der Waals surface area (Å²) in [4.78, 5) is 23.5. The molecule has 1 amide bonds. The number of hydrogen-bond acceptors (Lipinski definition) is 4. The second kappa shape index (κ2) is 6.47. The minimum Gasteiger partial charge on any atom is -0.451 e. The van der Waals surface area contributed by atoms with E-state index in [9.17, 15) is 14.0 Å². The van der Waals surface area contributed by atoms with Crippen LogP contribution in [-0.2, 0) is 19.1 Å². The van der Waals surface area contributed by atoms with Gasteiger partial charge in [0.1, 0.15) is 5.82 Å². The van der Waals surface area contributed by atoms with Crippen molar-refractivity contribution in [1.82, 2.24) is 0 Å². The van der Waals surface area contributed by atoms with Crippen molar-refractivity contribution in [2.24, 2.45) is 0 Å². The van der Waals surface area contributed by atoms with Gasteiger partial charge in [0, 0.05) is 12.3 Å². The number of anilines is 1. The van der Waals surface area contributed by atoms with E-state index in [0.29, 0.717) is 18.7 Å². The summed E-state index contributed by atoms with van der Waals surface area (Å²) in [6, 6.07) is 5.49. The van der Waals surface area contributed by atoms with Crippen LogP contribution in [0.5, 0.6) is 0 Å². The molecule has 1 aliphatic heterocycles. The molecule has 6 heteroatoms. The number of hydrogen-bond donors (Lipinski definition) is 1. The van der Waals surface area contributed by atoms with Crippen molar-refractivity contribution < 1.29 is 23.5 Å². The van der Waals surface area contributed by atoms with Gasteiger partial charge >= 0.3 is 5.97 Å². The van der Waals surface area contributed by atoms with E-state index in [1.807, 2.05) is 0 Å². The van der Waals surface area contributed by atoms with Gasteiger partial charge in [0.2, 0.25) is 0 Å². The van der Waals surface area contributed by atoms with Crippen molar-refractivity contribution in [3.05, 3.63) is 30.1 Å². The third-order valence-electron chi connectivity index (χ3n) is 2.95. The van der Waals surface area contributed by atoms with E-state index in [-0.39, 0.29) is 0 Å². The maximum atomic E-state index is 13.0. The molecule has 0 bridgehead atoms. The topological polar surface area (TPSA) is 64.6 Å². The maximum absolute atomic E-state index is 13.0. The average molecular weight is 281 g/mol. The number of esters is 1. The standard InChI is InChI=1S/C14H16FNO4/c1-9(20-14(18)12-6-3-7-19-12)13(17)16-11-5-2-4-10(15)8-11/h2,4-5,8-9,12H,3,6-7H2,1H3,(H,16,17)/t9-,12-/m1/s1. The Bertz CT molecular complexity index is 500. The van der Waals surface area contributed by atoms with Gasteiger partial charge in [-0.2, -0.15) is 0 Å². The molecule has 1 aliphatic rings. The molecular formula is C14H16FNO4. The minimum absolute atomic E-state index is 0.315. The Morgan fingerprint density at radius 1 is 1.50 bits per heavy atom. The number of carbonyl (C=O) groups is 2. The smallest absolute Gasteiger partial charge is 0.336 e. The zero-order chi connectivity index (χ0) is 14.5. The fourth-order valence-corrected chi connectivity index (χ4v) is 1.88. The predicted octanol–water partition coefficient (Wildman–Crippen LogP) is 1.87. The van der Waals surface area contributed by atoms with E-state index in [4.69, 9.17) is 9.47 Å². The van der Waals surface area contributed by atoms with Crippen LogP contribution in [-0.4, -0.2) is 30.7 Å². The lowest BCUT2D eigenvalue weighted by Gasteiger charge is -2.15. The first-order valence-electron chi connectivity index (χ1n) is 6.45.